The van der Waals surface area contributed by atoms with E-state index < -0.39 is 0 Å². The monoisotopic (exact) mass is 280 g/mol. The lowest BCUT2D eigenvalue weighted by atomic mass is 10.2. The van der Waals surface area contributed by atoms with E-state index in [1.165, 1.54) is 0 Å². The number of benzene rings is 1. The highest BCUT2D eigenvalue weighted by molar-refractivity contribution is 5.94. The van der Waals surface area contributed by atoms with Crippen molar-refractivity contribution >= 4 is 11.6 Å². The Labute approximate surface area is 120 Å². The highest BCUT2D eigenvalue weighted by Gasteiger charge is 2.19. The van der Waals surface area contributed by atoms with Crippen LogP contribution < -0.4 is 10.1 Å². The summed E-state index contributed by atoms with van der Waals surface area (Å²) in [4.78, 5) is 14.1. The first-order chi connectivity index (χ1) is 9.62. The van der Waals surface area contributed by atoms with Crippen molar-refractivity contribution < 1.29 is 14.6 Å². The van der Waals surface area contributed by atoms with Crippen LogP contribution in [0.3, 0.4) is 0 Å². The van der Waals surface area contributed by atoms with Crippen molar-refractivity contribution in [3.05, 3.63) is 24.3 Å². The fourth-order valence-electron chi connectivity index (χ4n) is 1.97. The van der Waals surface area contributed by atoms with E-state index in [0.717, 1.165) is 18.0 Å². The van der Waals surface area contributed by atoms with Crippen LogP contribution in [0, 0.1) is 0 Å². The second kappa shape index (κ2) is 8.55. The van der Waals surface area contributed by atoms with Crippen molar-refractivity contribution in [2.45, 2.75) is 26.8 Å². The lowest BCUT2D eigenvalue weighted by molar-refractivity contribution is -0.120. The minimum Gasteiger partial charge on any atom is -0.494 e. The van der Waals surface area contributed by atoms with Gasteiger partial charge in [-0.1, -0.05) is 6.92 Å². The van der Waals surface area contributed by atoms with E-state index in [9.17, 15) is 4.79 Å². The zero-order valence-electron chi connectivity index (χ0n) is 12.4. The third-order valence-corrected chi connectivity index (χ3v) is 3.15. The lowest BCUT2D eigenvalue weighted by Gasteiger charge is -2.26. The van der Waals surface area contributed by atoms with Gasteiger partial charge in [-0.25, -0.2) is 0 Å². The van der Waals surface area contributed by atoms with E-state index >= 15 is 0 Å². The fraction of sp³-hybridized carbons (Fsp3) is 0.533. The van der Waals surface area contributed by atoms with Gasteiger partial charge in [-0.05, 0) is 44.7 Å². The van der Waals surface area contributed by atoms with E-state index in [-0.39, 0.29) is 18.6 Å². The molecule has 1 aromatic carbocycles. The molecule has 0 aromatic heterocycles. The summed E-state index contributed by atoms with van der Waals surface area (Å²) < 4.78 is 5.35. The summed E-state index contributed by atoms with van der Waals surface area (Å²) in [5.74, 6) is 0.707. The molecule has 1 amide bonds. The van der Waals surface area contributed by atoms with Crippen LogP contribution in [0.25, 0.3) is 0 Å². The Hall–Kier alpha value is -1.59. The van der Waals surface area contributed by atoms with Gasteiger partial charge in [0.05, 0.1) is 19.3 Å². The fourth-order valence-corrected chi connectivity index (χ4v) is 1.97. The molecule has 5 nitrogen and oxygen atoms in total. The predicted octanol–water partition coefficient (Wildman–Crippen LogP) is 1.73. The van der Waals surface area contributed by atoms with Gasteiger partial charge in [0.25, 0.3) is 0 Å². The number of carbonyl (C=O) groups excluding carboxylic acids is 1. The summed E-state index contributed by atoms with van der Waals surface area (Å²) >= 11 is 0. The van der Waals surface area contributed by atoms with Gasteiger partial charge in [0.1, 0.15) is 5.75 Å². The molecule has 1 unspecified atom stereocenters. The molecule has 0 aliphatic carbocycles. The molecular formula is C15H24N2O3. The Morgan fingerprint density at radius 2 is 2.00 bits per heavy atom. The number of aliphatic hydroxyl groups excluding tert-OH is 1. The van der Waals surface area contributed by atoms with Crippen LogP contribution in [0.5, 0.6) is 5.75 Å². The molecule has 1 atom stereocenters. The quantitative estimate of drug-likeness (QED) is 0.761. The molecule has 0 aliphatic heterocycles. The van der Waals surface area contributed by atoms with Gasteiger partial charge in [0.15, 0.2) is 0 Å². The number of aliphatic hydroxyl groups is 1. The van der Waals surface area contributed by atoms with Crippen LogP contribution in [0.1, 0.15) is 20.8 Å². The first-order valence-corrected chi connectivity index (χ1v) is 7.01. The Morgan fingerprint density at radius 3 is 2.50 bits per heavy atom. The second-order valence-electron chi connectivity index (χ2n) is 4.47. The van der Waals surface area contributed by atoms with Gasteiger partial charge in [-0.3, -0.25) is 9.69 Å². The van der Waals surface area contributed by atoms with Crippen LogP contribution in [0.4, 0.5) is 5.69 Å². The summed E-state index contributed by atoms with van der Waals surface area (Å²) in [6.45, 7) is 7.62. The summed E-state index contributed by atoms with van der Waals surface area (Å²) in [6, 6.07) is 7.01. The molecule has 0 radical (unpaired) electrons. The first-order valence-electron chi connectivity index (χ1n) is 7.01. The van der Waals surface area contributed by atoms with Crippen molar-refractivity contribution in [2.75, 3.05) is 31.6 Å². The summed E-state index contributed by atoms with van der Waals surface area (Å²) in [7, 11) is 0. The lowest BCUT2D eigenvalue weighted by Crippen LogP contribution is -2.43. The molecule has 0 spiro atoms. The largest absolute Gasteiger partial charge is 0.494 e. The number of carbonyl (C=O) groups is 1. The molecule has 0 heterocycles. The van der Waals surface area contributed by atoms with Crippen LogP contribution in [0.2, 0.25) is 0 Å². The standard InChI is InChI=1S/C15H24N2O3/c1-4-17(10-11-18)12(3)15(19)16-13-6-8-14(9-7-13)20-5-2/h6-9,12,18H,4-5,10-11H2,1-3H3,(H,16,19). The average Bonchev–Trinajstić information content (AvgIpc) is 2.46. The zero-order chi connectivity index (χ0) is 15.0. The molecule has 112 valence electrons. The van der Waals surface area contributed by atoms with Gasteiger partial charge < -0.3 is 15.2 Å². The molecular weight excluding hydrogens is 256 g/mol. The first kappa shape index (κ1) is 16.5. The highest BCUT2D eigenvalue weighted by atomic mass is 16.5. The second-order valence-corrected chi connectivity index (χ2v) is 4.47. The number of amides is 1. The van der Waals surface area contributed by atoms with Crippen molar-refractivity contribution in [3.8, 4) is 5.75 Å². The third kappa shape index (κ3) is 4.83. The maximum atomic E-state index is 12.1. The van der Waals surface area contributed by atoms with Crippen molar-refractivity contribution in [3.63, 3.8) is 0 Å². The predicted molar refractivity (Wildman–Crippen MR) is 80.0 cm³/mol. The SMILES string of the molecule is CCOc1ccc(NC(=O)C(C)N(CC)CCO)cc1. The van der Waals surface area contributed by atoms with Crippen LogP contribution in [-0.2, 0) is 4.79 Å². The van der Waals surface area contributed by atoms with Gasteiger partial charge >= 0.3 is 0 Å². The maximum Gasteiger partial charge on any atom is 0.241 e. The maximum absolute atomic E-state index is 12.1. The topological polar surface area (TPSA) is 61.8 Å². The van der Waals surface area contributed by atoms with Crippen molar-refractivity contribution in [1.29, 1.82) is 0 Å². The van der Waals surface area contributed by atoms with Crippen LogP contribution in [-0.4, -0.2) is 48.3 Å². The van der Waals surface area contributed by atoms with Crippen LogP contribution >= 0.6 is 0 Å². The van der Waals surface area contributed by atoms with Gasteiger partial charge in [0.2, 0.25) is 5.91 Å². The molecule has 0 fully saturated rings. The number of likely N-dealkylation sites (N-methyl/N-ethyl adjacent to an activating group) is 1. The Morgan fingerprint density at radius 1 is 1.35 bits per heavy atom. The molecule has 0 bridgehead atoms. The number of ether oxygens (including phenoxy) is 1. The molecule has 2 N–H and O–H groups in total. The summed E-state index contributed by atoms with van der Waals surface area (Å²) in [5, 5.41) is 11.8. The zero-order valence-corrected chi connectivity index (χ0v) is 12.4. The number of hydrogen-bond donors (Lipinski definition) is 2. The minimum absolute atomic E-state index is 0.0501. The van der Waals surface area contributed by atoms with Gasteiger partial charge in [-0.15, -0.1) is 0 Å². The summed E-state index contributed by atoms with van der Waals surface area (Å²) in [6.07, 6.45) is 0. The smallest absolute Gasteiger partial charge is 0.241 e. The van der Waals surface area contributed by atoms with Crippen molar-refractivity contribution in [1.82, 2.24) is 4.90 Å². The Balaban J connectivity index is 2.60. The Bertz CT molecular complexity index is 406. The normalized spacial score (nSPS) is 12.2. The van der Waals surface area contributed by atoms with E-state index in [2.05, 4.69) is 5.32 Å². The van der Waals surface area contributed by atoms with Gasteiger partial charge in [0, 0.05) is 12.2 Å². The molecule has 1 aromatic rings. The number of anilines is 1. The van der Waals surface area contributed by atoms with E-state index in [1.807, 2.05) is 49.9 Å². The summed E-state index contributed by atoms with van der Waals surface area (Å²) in [5.41, 5.74) is 0.741. The Kier molecular flexibility index (Phi) is 7.04. The molecule has 1 rings (SSSR count). The van der Waals surface area contributed by atoms with E-state index in [1.54, 1.807) is 0 Å². The highest BCUT2D eigenvalue weighted by Crippen LogP contribution is 2.16. The van der Waals surface area contributed by atoms with E-state index in [0.29, 0.717) is 13.2 Å². The number of nitrogens with one attached hydrogen (secondary N) is 1. The number of nitrogens with zero attached hydrogens (tertiary/aromatic N) is 1. The van der Waals surface area contributed by atoms with Crippen molar-refractivity contribution in [2.24, 2.45) is 0 Å². The molecule has 0 saturated carbocycles. The molecule has 0 aliphatic rings. The third-order valence-electron chi connectivity index (χ3n) is 3.15. The number of rotatable bonds is 8. The molecule has 20 heavy (non-hydrogen) atoms. The van der Waals surface area contributed by atoms with E-state index in [4.69, 9.17) is 9.84 Å². The van der Waals surface area contributed by atoms with Crippen LogP contribution in [0.15, 0.2) is 24.3 Å². The molecule has 5 heteroatoms. The molecule has 0 saturated heterocycles. The number of hydrogen-bond acceptors (Lipinski definition) is 4. The minimum atomic E-state index is -0.279. The average molecular weight is 280 g/mol. The van der Waals surface area contributed by atoms with Gasteiger partial charge in [-0.2, -0.15) is 0 Å².